The maximum absolute atomic E-state index is 9.65. The van der Waals surface area contributed by atoms with E-state index in [0.29, 0.717) is 0 Å². The second-order valence-corrected chi connectivity index (χ2v) is 1.48. The first-order valence-electron chi connectivity index (χ1n) is 2.47. The fourth-order valence-corrected chi connectivity index (χ4v) is 0.321. The summed E-state index contributed by atoms with van der Waals surface area (Å²) in [6, 6.07) is 0. The molecule has 8 heteroatoms. The monoisotopic (exact) mass is 328 g/mol. The second-order valence-electron chi connectivity index (χ2n) is 1.48. The molecule has 0 aliphatic heterocycles. The summed E-state index contributed by atoms with van der Waals surface area (Å²) in [5.74, 6) is -0.943. The van der Waals surface area contributed by atoms with Crippen LogP contribution >= 0.6 is 0 Å². The van der Waals surface area contributed by atoms with Gasteiger partial charge in [-0.1, -0.05) is 13.3 Å². The molecule has 0 heterocycles. The van der Waals surface area contributed by atoms with Crippen LogP contribution in [-0.4, -0.2) is 5.97 Å². The first kappa shape index (κ1) is 47.1. The molecule has 13 heavy (non-hydrogen) atoms. The minimum Gasteiger partial charge on any atom is -1.00 e. The number of carbonyl (C=O) groups excluding carboxylic acids is 1. The Morgan fingerprint density at radius 1 is 1.08 bits per heavy atom. The average molecular weight is 330 g/mol. The zero-order chi connectivity index (χ0) is 5.70. The Bertz CT molecular complexity index is 75.9. The van der Waals surface area contributed by atoms with Gasteiger partial charge in [-0.25, -0.2) is 0 Å². The van der Waals surface area contributed by atoms with Crippen LogP contribution in [0.25, 0.3) is 0 Å². The molecule has 0 unspecified atom stereocenters. The molecule has 0 aromatic rings. The number of hydrogen-bond donors (Lipinski definition) is 0. The van der Waals surface area contributed by atoms with Crippen LogP contribution in [0.2, 0.25) is 0 Å². The number of hydrogen-bond acceptors (Lipinski definition) is 2. The van der Waals surface area contributed by atoms with Crippen molar-refractivity contribution in [2.75, 3.05) is 0 Å². The maximum Gasteiger partial charge on any atom is 6.00 e. The van der Waals surface area contributed by atoms with Gasteiger partial charge in [-0.05, 0) is 12.8 Å². The summed E-state index contributed by atoms with van der Waals surface area (Å²) in [4.78, 5) is 9.65. The van der Waals surface area contributed by atoms with Crippen LogP contribution in [0, 0.1) is 0 Å². The van der Waals surface area contributed by atoms with Gasteiger partial charge >= 0.3 is 17.4 Å². The van der Waals surface area contributed by atoms with E-state index in [1.165, 1.54) is 0 Å². The standard InChI is InChI=1S/C5H10O2.5ClH.Cr/c1-2-3-4-5(6)7;;;;;;/h2-4H2,1H3,(H,6,7);5*1H;/q;;;;;;+6/p-6. The van der Waals surface area contributed by atoms with Crippen LogP contribution in [0.5, 0.6) is 0 Å². The van der Waals surface area contributed by atoms with E-state index in [4.69, 9.17) is 0 Å². The summed E-state index contributed by atoms with van der Waals surface area (Å²) in [6.07, 6.45) is 1.87. The Balaban J connectivity index is -0.0000000120. The molecule has 0 amide bonds. The van der Waals surface area contributed by atoms with Gasteiger partial charge in [0.05, 0.1) is 0 Å². The summed E-state index contributed by atoms with van der Waals surface area (Å²) in [5, 5.41) is 9.65. The maximum atomic E-state index is 9.65. The van der Waals surface area contributed by atoms with E-state index in [0.717, 1.165) is 12.8 Å². The number of carboxylic acids is 1. The third-order valence-electron chi connectivity index (χ3n) is 0.734. The van der Waals surface area contributed by atoms with Gasteiger partial charge in [0.15, 0.2) is 0 Å². The molecule has 0 aromatic heterocycles. The molecule has 0 atom stereocenters. The van der Waals surface area contributed by atoms with Crippen molar-refractivity contribution >= 4 is 5.97 Å². The molecular weight excluding hydrogens is 321 g/mol. The number of carboxylic acid groups (broad SMARTS) is 1. The average Bonchev–Trinajstić information content (AvgIpc) is 1.61. The topological polar surface area (TPSA) is 40.1 Å². The molecule has 0 saturated heterocycles. The number of aliphatic carboxylic acids is 1. The molecule has 0 fully saturated rings. The molecule has 0 aliphatic rings. The second kappa shape index (κ2) is 37.6. The third kappa shape index (κ3) is 59.3. The first-order valence-corrected chi connectivity index (χ1v) is 2.47. The van der Waals surface area contributed by atoms with Gasteiger partial charge in [0.1, 0.15) is 0 Å². The van der Waals surface area contributed by atoms with Crippen LogP contribution in [-0.2, 0) is 22.2 Å². The van der Waals surface area contributed by atoms with Gasteiger partial charge in [0.25, 0.3) is 0 Å². The molecule has 82 valence electrons. The van der Waals surface area contributed by atoms with E-state index in [-0.39, 0.29) is 85.8 Å². The van der Waals surface area contributed by atoms with Crippen LogP contribution in [0.1, 0.15) is 26.2 Å². The predicted octanol–water partition coefficient (Wildman–Crippen LogP) is -15.1. The van der Waals surface area contributed by atoms with Crippen LogP contribution in [0.4, 0.5) is 0 Å². The Kier molecular flexibility index (Phi) is 136. The predicted molar refractivity (Wildman–Crippen MR) is 24.5 cm³/mol. The Morgan fingerprint density at radius 2 is 1.38 bits per heavy atom. The van der Waals surface area contributed by atoms with Crippen LogP contribution in [0.3, 0.4) is 0 Å². The van der Waals surface area contributed by atoms with Crippen LogP contribution in [0.15, 0.2) is 0 Å². The van der Waals surface area contributed by atoms with E-state index in [9.17, 15) is 9.90 Å². The number of rotatable bonds is 3. The van der Waals surface area contributed by atoms with Crippen molar-refractivity contribution in [2.45, 2.75) is 26.2 Å². The molecule has 0 aliphatic carbocycles. The Labute approximate surface area is 121 Å². The summed E-state index contributed by atoms with van der Waals surface area (Å²) >= 11 is 0. The van der Waals surface area contributed by atoms with E-state index in [1.54, 1.807) is 0 Å². The number of halogens is 5. The van der Waals surface area contributed by atoms with E-state index < -0.39 is 5.97 Å². The summed E-state index contributed by atoms with van der Waals surface area (Å²) in [6.45, 7) is 1.95. The normalized spacial score (nSPS) is 4.69. The molecule has 0 bridgehead atoms. The zero-order valence-electron chi connectivity index (χ0n) is 6.74. The van der Waals surface area contributed by atoms with Gasteiger partial charge in [-0.3, -0.25) is 0 Å². The molecule has 0 aromatic carbocycles. The van der Waals surface area contributed by atoms with Crippen molar-refractivity contribution in [3.63, 3.8) is 0 Å². The van der Waals surface area contributed by atoms with Crippen molar-refractivity contribution in [3.05, 3.63) is 0 Å². The first-order chi connectivity index (χ1) is 3.27. The van der Waals surface area contributed by atoms with E-state index >= 15 is 0 Å². The minimum absolute atomic E-state index is 0. The Hall–Kier alpha value is 1.45. The van der Waals surface area contributed by atoms with Crippen molar-refractivity contribution in [1.29, 1.82) is 0 Å². The Morgan fingerprint density at radius 3 is 1.46 bits per heavy atom. The minimum atomic E-state index is -0.943. The van der Waals surface area contributed by atoms with Crippen molar-refractivity contribution in [1.82, 2.24) is 0 Å². The number of carbonyl (C=O) groups is 1. The molecule has 0 spiro atoms. The van der Waals surface area contributed by atoms with Crippen molar-refractivity contribution < 1.29 is 89.3 Å². The molecule has 2 nitrogen and oxygen atoms in total. The molecule has 0 rings (SSSR count). The smallest absolute Gasteiger partial charge is 1.00 e. The zero-order valence-corrected chi connectivity index (χ0v) is 11.8. The molecule has 0 radical (unpaired) electrons. The quantitative estimate of drug-likeness (QED) is 0.516. The summed E-state index contributed by atoms with van der Waals surface area (Å²) in [5.41, 5.74) is 0. The van der Waals surface area contributed by atoms with Gasteiger partial charge < -0.3 is 71.9 Å². The summed E-state index contributed by atoms with van der Waals surface area (Å²) < 4.78 is 0. The summed E-state index contributed by atoms with van der Waals surface area (Å²) in [7, 11) is 0. The van der Waals surface area contributed by atoms with Gasteiger partial charge in [-0.15, -0.1) is 0 Å². The van der Waals surface area contributed by atoms with E-state index in [1.807, 2.05) is 6.92 Å². The van der Waals surface area contributed by atoms with Gasteiger partial charge in [0.2, 0.25) is 0 Å². The fraction of sp³-hybridized carbons (Fsp3) is 0.800. The van der Waals surface area contributed by atoms with Gasteiger partial charge in [-0.2, -0.15) is 0 Å². The fourth-order valence-electron chi connectivity index (χ4n) is 0.321. The number of unbranched alkanes of at least 4 members (excludes halogenated alkanes) is 1. The van der Waals surface area contributed by atoms with Crippen LogP contribution < -0.4 is 67.1 Å². The largest absolute Gasteiger partial charge is 6.00 e. The van der Waals surface area contributed by atoms with Gasteiger partial charge in [0, 0.05) is 5.97 Å². The molecule has 0 N–H and O–H groups in total. The molecule has 0 saturated carbocycles. The van der Waals surface area contributed by atoms with E-state index in [2.05, 4.69) is 0 Å². The molecular formula is C5H9Cl5CrO2. The SMILES string of the molecule is CCCCC(=O)[O-].[Cl-].[Cl-].[Cl-].[Cl-].[Cl-].[Cr+6]. The van der Waals surface area contributed by atoms with Crippen molar-refractivity contribution in [3.8, 4) is 0 Å². The third-order valence-corrected chi connectivity index (χ3v) is 0.734. The van der Waals surface area contributed by atoms with Crippen molar-refractivity contribution in [2.24, 2.45) is 0 Å².